The molecule has 2 rings (SSSR count). The molecule has 0 bridgehead atoms. The van der Waals surface area contributed by atoms with Crippen LogP contribution in [-0.2, 0) is 27.0 Å². The molecule has 2 N–H and O–H groups in total. The van der Waals surface area contributed by atoms with E-state index in [0.29, 0.717) is 6.42 Å². The molecule has 0 unspecified atom stereocenters. The zero-order valence-electron chi connectivity index (χ0n) is 24.1. The molecule has 2 nitrogen and oxygen atoms in total. The van der Waals surface area contributed by atoms with Crippen molar-refractivity contribution in [2.24, 2.45) is 0 Å². The highest BCUT2D eigenvalue weighted by molar-refractivity contribution is 6.47. The van der Waals surface area contributed by atoms with Gasteiger partial charge in [0, 0.05) is 0 Å². The Morgan fingerprint density at radius 3 is 0.912 bits per heavy atom. The summed E-state index contributed by atoms with van der Waals surface area (Å²) in [5.74, 6) is 0. The normalized spacial score (nSPS) is 13.9. The van der Waals surface area contributed by atoms with Gasteiger partial charge in [0.1, 0.15) is 0 Å². The standard InChI is InChI=1S/C31H49BO2/c1-14-31(32(33)34,25-21(27(2,3)4)17-15-18-22(25)28(5,6)7)26-23(29(8,9)10)19-16-20-24(26)30(11,12)13/h15-20,33-34H,14H2,1-13H3. The summed E-state index contributed by atoms with van der Waals surface area (Å²) in [6.07, 6.45) is 0.580. The molecule has 34 heavy (non-hydrogen) atoms. The Kier molecular flexibility index (Phi) is 7.70. The lowest BCUT2D eigenvalue weighted by molar-refractivity contribution is 0.346. The van der Waals surface area contributed by atoms with Crippen LogP contribution in [0.5, 0.6) is 0 Å². The molecule has 0 atom stereocenters. The van der Waals surface area contributed by atoms with Crippen LogP contribution in [0.1, 0.15) is 130 Å². The van der Waals surface area contributed by atoms with Crippen LogP contribution < -0.4 is 0 Å². The molecule has 2 aromatic rings. The van der Waals surface area contributed by atoms with Gasteiger partial charge in [0.2, 0.25) is 0 Å². The van der Waals surface area contributed by atoms with Crippen LogP contribution in [0.15, 0.2) is 36.4 Å². The molecule has 0 aliphatic carbocycles. The lowest BCUT2D eigenvalue weighted by atomic mass is 9.44. The van der Waals surface area contributed by atoms with E-state index >= 15 is 0 Å². The van der Waals surface area contributed by atoms with E-state index in [1.807, 2.05) is 0 Å². The molecule has 3 heteroatoms. The summed E-state index contributed by atoms with van der Waals surface area (Å²) in [5, 5.41) is 22.0. The highest BCUT2D eigenvalue weighted by Gasteiger charge is 2.52. The second-order valence-electron chi connectivity index (χ2n) is 14.2. The minimum absolute atomic E-state index is 0.162. The van der Waals surface area contributed by atoms with Crippen molar-refractivity contribution >= 4 is 7.12 Å². The molecule has 0 saturated heterocycles. The third-order valence-electron chi connectivity index (χ3n) is 7.25. The lowest BCUT2D eigenvalue weighted by Crippen LogP contribution is -2.50. The van der Waals surface area contributed by atoms with E-state index < -0.39 is 12.4 Å². The number of hydrogen-bond donors (Lipinski definition) is 2. The summed E-state index contributed by atoms with van der Waals surface area (Å²) >= 11 is 0. The Hall–Kier alpha value is -1.58. The fourth-order valence-corrected chi connectivity index (χ4v) is 5.49. The molecule has 0 aliphatic heterocycles. The molecule has 0 aliphatic rings. The molecule has 2 aromatic carbocycles. The topological polar surface area (TPSA) is 40.5 Å². The maximum Gasteiger partial charge on any atom is 0.467 e. The molecule has 0 fully saturated rings. The Bertz CT molecular complexity index is 866. The SMILES string of the molecule is CCC(B(O)O)(c1c(C(C)(C)C)cccc1C(C)(C)C)c1c(C(C)(C)C)cccc1C(C)(C)C. The second-order valence-corrected chi connectivity index (χ2v) is 14.2. The smallest absolute Gasteiger partial charge is 0.426 e. The van der Waals surface area contributed by atoms with E-state index in [9.17, 15) is 10.0 Å². The Morgan fingerprint density at radius 1 is 0.529 bits per heavy atom. The van der Waals surface area contributed by atoms with Gasteiger partial charge in [-0.3, -0.25) is 0 Å². The predicted octanol–water partition coefficient (Wildman–Crippen LogP) is 7.58. The summed E-state index contributed by atoms with van der Waals surface area (Å²) in [6, 6.07) is 13.0. The highest BCUT2D eigenvalue weighted by atomic mass is 16.4. The second kappa shape index (κ2) is 9.14. The molecule has 0 radical (unpaired) electrons. The number of benzene rings is 2. The third kappa shape index (κ3) is 5.16. The molecular weight excluding hydrogens is 415 g/mol. The van der Waals surface area contributed by atoms with Crippen molar-refractivity contribution in [3.8, 4) is 0 Å². The quantitative estimate of drug-likeness (QED) is 0.458. The maximum atomic E-state index is 11.5. The summed E-state index contributed by atoms with van der Waals surface area (Å²) in [4.78, 5) is 0. The van der Waals surface area contributed by atoms with Crippen molar-refractivity contribution in [3.05, 3.63) is 69.8 Å². The summed E-state index contributed by atoms with van der Waals surface area (Å²) < 4.78 is 0. The average Bonchev–Trinajstić information content (AvgIpc) is 2.65. The van der Waals surface area contributed by atoms with Crippen molar-refractivity contribution in [3.63, 3.8) is 0 Å². The minimum Gasteiger partial charge on any atom is -0.426 e. The molecule has 0 heterocycles. The van der Waals surface area contributed by atoms with Gasteiger partial charge in [-0.15, -0.1) is 0 Å². The van der Waals surface area contributed by atoms with E-state index in [4.69, 9.17) is 0 Å². The van der Waals surface area contributed by atoms with Crippen LogP contribution in [0, 0.1) is 0 Å². The molecule has 0 aromatic heterocycles. The molecule has 188 valence electrons. The van der Waals surface area contributed by atoms with E-state index in [1.54, 1.807) is 0 Å². The Labute approximate surface area is 210 Å². The fourth-order valence-electron chi connectivity index (χ4n) is 5.49. The van der Waals surface area contributed by atoms with Gasteiger partial charge in [0.05, 0.1) is 5.31 Å². The first kappa shape index (κ1) is 28.7. The van der Waals surface area contributed by atoms with Gasteiger partial charge in [-0.25, -0.2) is 0 Å². The monoisotopic (exact) mass is 464 g/mol. The summed E-state index contributed by atoms with van der Waals surface area (Å²) in [6.45, 7) is 28.8. The molecule has 0 spiro atoms. The van der Waals surface area contributed by atoms with Gasteiger partial charge in [-0.2, -0.15) is 0 Å². The third-order valence-corrected chi connectivity index (χ3v) is 7.25. The van der Waals surface area contributed by atoms with Gasteiger partial charge in [-0.05, 0) is 61.5 Å². The predicted molar refractivity (Wildman–Crippen MR) is 149 cm³/mol. The maximum absolute atomic E-state index is 11.5. The first-order chi connectivity index (χ1) is 15.2. The average molecular weight is 465 g/mol. The Morgan fingerprint density at radius 2 is 0.765 bits per heavy atom. The van der Waals surface area contributed by atoms with E-state index in [0.717, 1.165) is 11.1 Å². The first-order valence-corrected chi connectivity index (χ1v) is 12.9. The van der Waals surface area contributed by atoms with E-state index in [1.165, 1.54) is 22.3 Å². The number of rotatable bonds is 4. The van der Waals surface area contributed by atoms with Crippen molar-refractivity contribution in [2.75, 3.05) is 0 Å². The largest absolute Gasteiger partial charge is 0.467 e. The van der Waals surface area contributed by atoms with Crippen LogP contribution >= 0.6 is 0 Å². The Balaban J connectivity index is 3.34. The van der Waals surface area contributed by atoms with E-state index in [2.05, 4.69) is 126 Å². The van der Waals surface area contributed by atoms with Gasteiger partial charge in [-0.1, -0.05) is 126 Å². The van der Waals surface area contributed by atoms with Crippen molar-refractivity contribution < 1.29 is 10.0 Å². The van der Waals surface area contributed by atoms with Gasteiger partial charge in [0.15, 0.2) is 0 Å². The van der Waals surface area contributed by atoms with Crippen LogP contribution in [-0.4, -0.2) is 17.2 Å². The zero-order chi connectivity index (χ0) is 26.5. The highest BCUT2D eigenvalue weighted by Crippen LogP contribution is 2.51. The zero-order valence-corrected chi connectivity index (χ0v) is 24.1. The van der Waals surface area contributed by atoms with Crippen LogP contribution in [0.25, 0.3) is 0 Å². The lowest BCUT2D eigenvalue weighted by Gasteiger charge is -2.46. The fraction of sp³-hybridized carbons (Fsp3) is 0.613. The van der Waals surface area contributed by atoms with Crippen molar-refractivity contribution in [1.82, 2.24) is 0 Å². The van der Waals surface area contributed by atoms with Crippen LogP contribution in [0.2, 0.25) is 0 Å². The number of hydrogen-bond acceptors (Lipinski definition) is 2. The molecular formula is C31H49BO2. The van der Waals surface area contributed by atoms with Gasteiger partial charge in [0.25, 0.3) is 0 Å². The van der Waals surface area contributed by atoms with Crippen LogP contribution in [0.4, 0.5) is 0 Å². The van der Waals surface area contributed by atoms with Gasteiger partial charge >= 0.3 is 7.12 Å². The molecule has 0 saturated carbocycles. The first-order valence-electron chi connectivity index (χ1n) is 12.9. The van der Waals surface area contributed by atoms with E-state index in [-0.39, 0.29) is 21.7 Å². The molecule has 0 amide bonds. The van der Waals surface area contributed by atoms with Crippen LogP contribution in [0.3, 0.4) is 0 Å². The minimum atomic E-state index is -1.55. The van der Waals surface area contributed by atoms with Gasteiger partial charge < -0.3 is 10.0 Å². The van der Waals surface area contributed by atoms with Crippen molar-refractivity contribution in [1.29, 1.82) is 0 Å². The summed E-state index contributed by atoms with van der Waals surface area (Å²) in [7, 11) is -1.55. The summed E-state index contributed by atoms with van der Waals surface area (Å²) in [5.41, 5.74) is 6.22. The van der Waals surface area contributed by atoms with Crippen molar-refractivity contribution in [2.45, 2.75) is 123 Å².